The smallest absolute Gasteiger partial charge is 0.00670 e. The summed E-state index contributed by atoms with van der Waals surface area (Å²) in [6.07, 6.45) is 2.75. The van der Waals surface area contributed by atoms with Crippen molar-refractivity contribution in [1.29, 1.82) is 0 Å². The maximum Gasteiger partial charge on any atom is 0.00670 e. The van der Waals surface area contributed by atoms with Crippen molar-refractivity contribution in [2.75, 3.05) is 20.1 Å². The topological polar surface area (TPSA) is 15.3 Å². The average molecular weight is 333 g/mol. The number of hydrogen-bond donors (Lipinski definition) is 1. The highest BCUT2D eigenvalue weighted by Gasteiger charge is 2.21. The standard InChI is InChI=1S/C7H15N.C6H13N.4C2H6/c1-6-4-7(2)8(3)5-6;1-5-3-6(2)7-4-5;4*1-2/h6-7H,4-5H2,1-3H3;5-7H,3-4H2,1-2H3;4*1-2H3/t6-,7+;5-,6+;;;;/m11..../s1. The Bertz CT molecular complexity index is 165. The average Bonchev–Trinajstić information content (AvgIpc) is 3.11. The molecule has 2 nitrogen and oxygen atoms in total. The van der Waals surface area contributed by atoms with Crippen LogP contribution in [0.5, 0.6) is 0 Å². The van der Waals surface area contributed by atoms with Gasteiger partial charge in [0.2, 0.25) is 0 Å². The Hall–Kier alpha value is -0.0800. The van der Waals surface area contributed by atoms with Crippen molar-refractivity contribution in [2.24, 2.45) is 11.8 Å². The van der Waals surface area contributed by atoms with E-state index in [9.17, 15) is 0 Å². The molecular weight excluding hydrogens is 280 g/mol. The zero-order chi connectivity index (χ0) is 19.4. The number of likely N-dealkylation sites (tertiary alicyclic amines) is 1. The van der Waals surface area contributed by atoms with Gasteiger partial charge in [-0.2, -0.15) is 0 Å². The van der Waals surface area contributed by atoms with Crippen molar-refractivity contribution in [1.82, 2.24) is 10.2 Å². The summed E-state index contributed by atoms with van der Waals surface area (Å²) < 4.78 is 0. The summed E-state index contributed by atoms with van der Waals surface area (Å²) in [5.74, 6) is 1.84. The third-order valence-corrected chi connectivity index (χ3v) is 3.67. The third kappa shape index (κ3) is 19.9. The molecule has 0 unspecified atom stereocenters. The van der Waals surface area contributed by atoms with Crippen LogP contribution >= 0.6 is 0 Å². The van der Waals surface area contributed by atoms with Crippen LogP contribution in [0.4, 0.5) is 0 Å². The van der Waals surface area contributed by atoms with Crippen molar-refractivity contribution in [3.05, 3.63) is 0 Å². The van der Waals surface area contributed by atoms with E-state index in [2.05, 4.69) is 45.0 Å². The van der Waals surface area contributed by atoms with Gasteiger partial charge in [0.1, 0.15) is 0 Å². The minimum atomic E-state index is 0.773. The molecule has 2 aliphatic heterocycles. The van der Waals surface area contributed by atoms with E-state index in [1.165, 1.54) is 25.9 Å². The molecule has 4 atom stereocenters. The van der Waals surface area contributed by atoms with Gasteiger partial charge in [-0.3, -0.25) is 0 Å². The van der Waals surface area contributed by atoms with Gasteiger partial charge in [-0.25, -0.2) is 0 Å². The molecule has 2 aliphatic rings. The second-order valence-electron chi connectivity index (χ2n) is 5.78. The van der Waals surface area contributed by atoms with Crippen LogP contribution in [0.25, 0.3) is 0 Å². The second kappa shape index (κ2) is 24.2. The van der Waals surface area contributed by atoms with Crippen molar-refractivity contribution in [2.45, 2.75) is 108 Å². The Morgan fingerprint density at radius 3 is 1.22 bits per heavy atom. The summed E-state index contributed by atoms with van der Waals surface area (Å²) in [6, 6.07) is 1.60. The maximum atomic E-state index is 3.37. The van der Waals surface area contributed by atoms with Gasteiger partial charge in [-0.15, -0.1) is 0 Å². The van der Waals surface area contributed by atoms with E-state index in [0.717, 1.165) is 23.9 Å². The summed E-state index contributed by atoms with van der Waals surface area (Å²) in [5, 5.41) is 3.37. The summed E-state index contributed by atoms with van der Waals surface area (Å²) in [4.78, 5) is 2.42. The Kier molecular flexibility index (Phi) is 32.3. The highest BCUT2D eigenvalue weighted by molar-refractivity contribution is 4.76. The molecule has 0 aliphatic carbocycles. The molecule has 2 saturated heterocycles. The highest BCUT2D eigenvalue weighted by atomic mass is 15.1. The Morgan fingerprint density at radius 1 is 0.696 bits per heavy atom. The molecule has 0 aromatic carbocycles. The summed E-state index contributed by atoms with van der Waals surface area (Å²) in [6.45, 7) is 27.7. The molecule has 2 fully saturated rings. The second-order valence-corrected chi connectivity index (χ2v) is 5.78. The van der Waals surface area contributed by atoms with Crippen LogP contribution in [0.15, 0.2) is 0 Å². The largest absolute Gasteiger partial charge is 0.314 e. The van der Waals surface area contributed by atoms with E-state index in [1.807, 2.05) is 55.4 Å². The molecule has 146 valence electrons. The van der Waals surface area contributed by atoms with Gasteiger partial charge in [-0.05, 0) is 52.1 Å². The molecule has 0 bridgehead atoms. The molecule has 23 heavy (non-hydrogen) atoms. The predicted molar refractivity (Wildman–Crippen MR) is 113 cm³/mol. The van der Waals surface area contributed by atoms with Gasteiger partial charge in [0.05, 0.1) is 0 Å². The van der Waals surface area contributed by atoms with Crippen molar-refractivity contribution in [3.63, 3.8) is 0 Å². The predicted octanol–water partition coefficient (Wildman–Crippen LogP) is 6.46. The van der Waals surface area contributed by atoms with Gasteiger partial charge < -0.3 is 10.2 Å². The van der Waals surface area contributed by atoms with Crippen LogP contribution in [0.3, 0.4) is 0 Å². The molecule has 2 heteroatoms. The van der Waals surface area contributed by atoms with Crippen LogP contribution in [-0.2, 0) is 0 Å². The van der Waals surface area contributed by atoms with E-state index in [-0.39, 0.29) is 0 Å². The maximum absolute atomic E-state index is 3.37. The van der Waals surface area contributed by atoms with E-state index < -0.39 is 0 Å². The van der Waals surface area contributed by atoms with Crippen LogP contribution in [-0.4, -0.2) is 37.1 Å². The fourth-order valence-electron chi connectivity index (χ4n) is 2.68. The Labute approximate surface area is 150 Å². The Morgan fingerprint density at radius 2 is 1.13 bits per heavy atom. The van der Waals surface area contributed by atoms with Gasteiger partial charge >= 0.3 is 0 Å². The first kappa shape index (κ1) is 30.8. The van der Waals surface area contributed by atoms with Crippen LogP contribution in [0.2, 0.25) is 0 Å². The molecule has 2 heterocycles. The number of hydrogen-bond acceptors (Lipinski definition) is 2. The quantitative estimate of drug-likeness (QED) is 0.548. The van der Waals surface area contributed by atoms with Crippen molar-refractivity contribution < 1.29 is 0 Å². The Balaban J connectivity index is -0.000000110. The molecule has 0 radical (unpaired) electrons. The zero-order valence-electron chi connectivity index (χ0n) is 19.1. The normalized spacial score (nSPS) is 28.0. The lowest BCUT2D eigenvalue weighted by Crippen LogP contribution is -2.21. The van der Waals surface area contributed by atoms with Gasteiger partial charge in [-0.1, -0.05) is 69.2 Å². The first-order valence-electron chi connectivity index (χ1n) is 10.4. The lowest BCUT2D eigenvalue weighted by molar-refractivity contribution is 0.327. The third-order valence-electron chi connectivity index (χ3n) is 3.67. The summed E-state index contributed by atoms with van der Waals surface area (Å²) in [5.41, 5.74) is 0. The van der Waals surface area contributed by atoms with Crippen molar-refractivity contribution in [3.8, 4) is 0 Å². The minimum Gasteiger partial charge on any atom is -0.314 e. The molecule has 0 aromatic heterocycles. The van der Waals surface area contributed by atoms with Crippen molar-refractivity contribution >= 4 is 0 Å². The minimum absolute atomic E-state index is 0.773. The summed E-state index contributed by atoms with van der Waals surface area (Å²) >= 11 is 0. The first-order valence-corrected chi connectivity index (χ1v) is 10.4. The molecule has 0 spiro atoms. The SMILES string of the molecule is CC.CC.CC.CC.C[C@@H]1C[C@H](C)N(C)C1.C[C@H]1CN[C@@H](C)C1. The fraction of sp³-hybridized carbons (Fsp3) is 1.00. The lowest BCUT2D eigenvalue weighted by atomic mass is 10.1. The number of rotatable bonds is 0. The van der Waals surface area contributed by atoms with E-state index in [1.54, 1.807) is 0 Å². The fourth-order valence-corrected chi connectivity index (χ4v) is 2.68. The van der Waals surface area contributed by atoms with Gasteiger partial charge in [0, 0.05) is 18.6 Å². The monoisotopic (exact) mass is 332 g/mol. The van der Waals surface area contributed by atoms with Crippen LogP contribution in [0, 0.1) is 11.8 Å². The lowest BCUT2D eigenvalue weighted by Gasteiger charge is -2.12. The summed E-state index contributed by atoms with van der Waals surface area (Å²) in [7, 11) is 2.20. The molecule has 1 N–H and O–H groups in total. The molecule has 0 aromatic rings. The zero-order valence-corrected chi connectivity index (χ0v) is 19.1. The molecular formula is C21H52N2. The molecule has 0 saturated carbocycles. The first-order chi connectivity index (χ1) is 11.0. The van der Waals surface area contributed by atoms with Gasteiger partial charge in [0.15, 0.2) is 0 Å². The van der Waals surface area contributed by atoms with Crippen LogP contribution < -0.4 is 5.32 Å². The number of nitrogens with one attached hydrogen (secondary N) is 1. The van der Waals surface area contributed by atoms with Gasteiger partial charge in [0.25, 0.3) is 0 Å². The van der Waals surface area contributed by atoms with Crippen LogP contribution in [0.1, 0.15) is 95.9 Å². The van der Waals surface area contributed by atoms with E-state index in [4.69, 9.17) is 0 Å². The number of nitrogens with zero attached hydrogens (tertiary/aromatic N) is 1. The van der Waals surface area contributed by atoms with E-state index >= 15 is 0 Å². The highest BCUT2D eigenvalue weighted by Crippen LogP contribution is 2.19. The molecule has 2 rings (SSSR count). The molecule has 0 amide bonds. The van der Waals surface area contributed by atoms with E-state index in [0.29, 0.717) is 0 Å².